The normalized spacial score (nSPS) is 11.9. The van der Waals surface area contributed by atoms with Gasteiger partial charge in [0.1, 0.15) is 0 Å². The zero-order chi connectivity index (χ0) is 12.8. The van der Waals surface area contributed by atoms with E-state index in [1.54, 1.807) is 18.2 Å². The van der Waals surface area contributed by atoms with Crippen LogP contribution in [0, 0.1) is 5.21 Å². The predicted molar refractivity (Wildman–Crippen MR) is 79.0 cm³/mol. The van der Waals surface area contributed by atoms with Crippen LogP contribution in [0.4, 0.5) is 5.69 Å². The van der Waals surface area contributed by atoms with Crippen molar-refractivity contribution in [2.45, 2.75) is 0 Å². The Labute approximate surface area is 115 Å². The summed E-state index contributed by atoms with van der Waals surface area (Å²) in [6.07, 6.45) is 5.13. The van der Waals surface area contributed by atoms with Crippen LogP contribution in [-0.2, 0) is 0 Å². The first-order chi connectivity index (χ1) is 8.75. The van der Waals surface area contributed by atoms with Crippen LogP contribution in [0.25, 0.3) is 6.08 Å². The van der Waals surface area contributed by atoms with Crippen molar-refractivity contribution >= 4 is 33.9 Å². The molecular weight excluding hydrogens is 290 g/mol. The fraction of sp³-hybridized carbons (Fsp3) is 0. The molecular formula is C15H12BrNO. The maximum atomic E-state index is 11.7. The first-order valence-corrected chi connectivity index (χ1v) is 6.33. The Morgan fingerprint density at radius 3 is 2.28 bits per heavy atom. The second-order valence-corrected chi connectivity index (χ2v) is 4.64. The first-order valence-electron chi connectivity index (χ1n) is 5.54. The molecule has 0 atom stereocenters. The van der Waals surface area contributed by atoms with E-state index in [4.69, 9.17) is 0 Å². The molecule has 2 aromatic carbocycles. The van der Waals surface area contributed by atoms with Crippen molar-refractivity contribution in [3.05, 3.63) is 75.9 Å². The van der Waals surface area contributed by atoms with Gasteiger partial charge < -0.3 is 5.21 Å². The Balaban J connectivity index is 2.10. The van der Waals surface area contributed by atoms with Gasteiger partial charge in [0.2, 0.25) is 5.69 Å². The third-order valence-corrected chi connectivity index (χ3v) is 2.92. The van der Waals surface area contributed by atoms with Crippen LogP contribution in [0.1, 0.15) is 5.56 Å². The van der Waals surface area contributed by atoms with E-state index in [0.29, 0.717) is 5.69 Å². The van der Waals surface area contributed by atoms with Gasteiger partial charge >= 0.3 is 0 Å². The highest BCUT2D eigenvalue weighted by Gasteiger charge is 1.98. The molecule has 3 heteroatoms. The van der Waals surface area contributed by atoms with Crippen LogP contribution < -0.4 is 0 Å². The van der Waals surface area contributed by atoms with Crippen LogP contribution in [-0.4, -0.2) is 11.0 Å². The fourth-order valence-electron chi connectivity index (χ4n) is 1.47. The first kappa shape index (κ1) is 12.6. The summed E-state index contributed by atoms with van der Waals surface area (Å²) in [5, 5.41) is 11.7. The lowest BCUT2D eigenvalue weighted by atomic mass is 10.2. The molecule has 2 rings (SSSR count). The van der Waals surface area contributed by atoms with Crippen molar-refractivity contribution in [3.63, 3.8) is 0 Å². The molecule has 90 valence electrons. The van der Waals surface area contributed by atoms with Gasteiger partial charge in [0.05, 0.1) is 0 Å². The summed E-state index contributed by atoms with van der Waals surface area (Å²) in [6, 6.07) is 17.1. The van der Waals surface area contributed by atoms with E-state index in [-0.39, 0.29) is 0 Å². The highest BCUT2D eigenvalue weighted by molar-refractivity contribution is 9.10. The van der Waals surface area contributed by atoms with Crippen LogP contribution in [0.2, 0.25) is 0 Å². The highest BCUT2D eigenvalue weighted by Crippen LogP contribution is 2.15. The van der Waals surface area contributed by atoms with Gasteiger partial charge in [-0.1, -0.05) is 46.3 Å². The van der Waals surface area contributed by atoms with Gasteiger partial charge in [0.25, 0.3) is 0 Å². The summed E-state index contributed by atoms with van der Waals surface area (Å²) in [4.78, 5) is 0. The van der Waals surface area contributed by atoms with E-state index >= 15 is 0 Å². The quantitative estimate of drug-likeness (QED) is 0.358. The van der Waals surface area contributed by atoms with Gasteiger partial charge in [-0.3, -0.25) is 0 Å². The molecule has 0 aliphatic heterocycles. The lowest BCUT2D eigenvalue weighted by Gasteiger charge is -2.01. The molecule has 0 unspecified atom stereocenters. The van der Waals surface area contributed by atoms with Crippen LogP contribution in [0.15, 0.2) is 65.1 Å². The molecule has 0 spiro atoms. The molecule has 0 N–H and O–H groups in total. The van der Waals surface area contributed by atoms with Gasteiger partial charge in [-0.25, -0.2) is 0 Å². The molecule has 2 aromatic rings. The number of benzene rings is 2. The fourth-order valence-corrected chi connectivity index (χ4v) is 1.73. The van der Waals surface area contributed by atoms with E-state index < -0.39 is 0 Å². The summed E-state index contributed by atoms with van der Waals surface area (Å²) in [5.41, 5.74) is 1.67. The smallest absolute Gasteiger partial charge is 0.216 e. The number of allylic oxidation sites excluding steroid dienone is 1. The maximum Gasteiger partial charge on any atom is 0.216 e. The largest absolute Gasteiger partial charge is 0.618 e. The zero-order valence-corrected chi connectivity index (χ0v) is 11.2. The second kappa shape index (κ2) is 6.17. The average Bonchev–Trinajstić information content (AvgIpc) is 2.40. The summed E-state index contributed by atoms with van der Waals surface area (Å²) < 4.78 is 1.80. The lowest BCUT2D eigenvalue weighted by molar-refractivity contribution is -0.354. The van der Waals surface area contributed by atoms with Crippen molar-refractivity contribution in [1.29, 1.82) is 0 Å². The van der Waals surface area contributed by atoms with E-state index in [9.17, 15) is 5.21 Å². The molecule has 0 aromatic heterocycles. The minimum absolute atomic E-state index is 0.607. The lowest BCUT2D eigenvalue weighted by Crippen LogP contribution is -1.94. The Kier molecular flexibility index (Phi) is 4.31. The SMILES string of the molecule is [O-]/[N+](=C/C=C/c1ccccc1)c1ccc(Br)cc1. The summed E-state index contributed by atoms with van der Waals surface area (Å²) >= 11 is 3.33. The Morgan fingerprint density at radius 2 is 1.61 bits per heavy atom. The molecule has 0 fully saturated rings. The van der Waals surface area contributed by atoms with Crippen molar-refractivity contribution < 1.29 is 4.74 Å². The van der Waals surface area contributed by atoms with Crippen LogP contribution in [0.5, 0.6) is 0 Å². The summed E-state index contributed by atoms with van der Waals surface area (Å²) in [5.74, 6) is 0. The third-order valence-electron chi connectivity index (χ3n) is 2.39. The van der Waals surface area contributed by atoms with E-state index in [1.807, 2.05) is 48.5 Å². The van der Waals surface area contributed by atoms with Crippen molar-refractivity contribution in [1.82, 2.24) is 0 Å². The van der Waals surface area contributed by atoms with Crippen molar-refractivity contribution in [3.8, 4) is 0 Å². The number of halogens is 1. The molecule has 0 heterocycles. The Hall–Kier alpha value is -1.87. The molecule has 0 saturated heterocycles. The molecule has 0 radical (unpaired) electrons. The average molecular weight is 302 g/mol. The van der Waals surface area contributed by atoms with Gasteiger partial charge in [-0.15, -0.1) is 0 Å². The Bertz CT molecular complexity index is 559. The molecule has 18 heavy (non-hydrogen) atoms. The molecule has 2 nitrogen and oxygen atoms in total. The highest BCUT2D eigenvalue weighted by atomic mass is 79.9. The molecule has 0 bridgehead atoms. The van der Waals surface area contributed by atoms with Crippen LogP contribution in [0.3, 0.4) is 0 Å². The molecule has 0 aliphatic rings. The standard InChI is InChI=1S/C15H12BrNO/c16-14-8-10-15(11-9-14)17(18)12-4-7-13-5-2-1-3-6-13/h1-12H/b7-4+,17-12+. The Morgan fingerprint density at radius 1 is 0.944 bits per heavy atom. The van der Waals surface area contributed by atoms with E-state index in [2.05, 4.69) is 15.9 Å². The van der Waals surface area contributed by atoms with E-state index in [0.717, 1.165) is 14.8 Å². The number of nitrogens with zero attached hydrogens (tertiary/aromatic N) is 1. The summed E-state index contributed by atoms with van der Waals surface area (Å²) in [7, 11) is 0. The maximum absolute atomic E-state index is 11.7. The third kappa shape index (κ3) is 3.57. The zero-order valence-electron chi connectivity index (χ0n) is 9.66. The minimum Gasteiger partial charge on any atom is -0.618 e. The van der Waals surface area contributed by atoms with Crippen molar-refractivity contribution in [2.24, 2.45) is 0 Å². The number of hydrogen-bond acceptors (Lipinski definition) is 1. The molecule has 0 amide bonds. The van der Waals surface area contributed by atoms with Crippen LogP contribution >= 0.6 is 15.9 Å². The minimum atomic E-state index is 0.607. The number of rotatable bonds is 3. The van der Waals surface area contributed by atoms with Gasteiger partial charge in [0, 0.05) is 22.7 Å². The monoisotopic (exact) mass is 301 g/mol. The predicted octanol–water partition coefficient (Wildman–Crippen LogP) is 4.38. The van der Waals surface area contributed by atoms with Gasteiger partial charge in [-0.2, -0.15) is 4.74 Å². The molecule has 0 saturated carbocycles. The van der Waals surface area contributed by atoms with Crippen molar-refractivity contribution in [2.75, 3.05) is 0 Å². The molecule has 0 aliphatic carbocycles. The topological polar surface area (TPSA) is 26.1 Å². The van der Waals surface area contributed by atoms with Gasteiger partial charge in [-0.05, 0) is 23.8 Å². The van der Waals surface area contributed by atoms with Gasteiger partial charge in [0.15, 0.2) is 6.21 Å². The summed E-state index contributed by atoms with van der Waals surface area (Å²) in [6.45, 7) is 0. The second-order valence-electron chi connectivity index (χ2n) is 3.72. The van der Waals surface area contributed by atoms with E-state index in [1.165, 1.54) is 6.21 Å². The number of hydrogen-bond donors (Lipinski definition) is 0.